The highest BCUT2D eigenvalue weighted by Gasteiger charge is 2.16. The summed E-state index contributed by atoms with van der Waals surface area (Å²) in [7, 11) is 1.28. The number of anilines is 1. The molecule has 2 aromatic carbocycles. The Balaban J connectivity index is 1.75. The summed E-state index contributed by atoms with van der Waals surface area (Å²) >= 11 is 0. The van der Waals surface area contributed by atoms with Gasteiger partial charge < -0.3 is 14.8 Å². The molecule has 29 heavy (non-hydrogen) atoms. The molecule has 1 heterocycles. The van der Waals surface area contributed by atoms with Crippen LogP contribution in [0.3, 0.4) is 0 Å². The average molecular weight is 405 g/mol. The van der Waals surface area contributed by atoms with Crippen LogP contribution in [0.1, 0.15) is 21.6 Å². The van der Waals surface area contributed by atoms with Crippen molar-refractivity contribution in [2.45, 2.75) is 20.1 Å². The fourth-order valence-corrected chi connectivity index (χ4v) is 2.71. The van der Waals surface area contributed by atoms with Crippen LogP contribution in [-0.2, 0) is 6.54 Å². The summed E-state index contributed by atoms with van der Waals surface area (Å²) in [4.78, 5) is 12.5. The molecule has 0 spiro atoms. The van der Waals surface area contributed by atoms with Crippen molar-refractivity contribution in [3.05, 3.63) is 71.2 Å². The van der Waals surface area contributed by atoms with E-state index in [0.29, 0.717) is 5.56 Å². The molecule has 1 amide bonds. The van der Waals surface area contributed by atoms with Crippen molar-refractivity contribution in [2.75, 3.05) is 12.4 Å². The van der Waals surface area contributed by atoms with Gasteiger partial charge in [0.2, 0.25) is 0 Å². The SMILES string of the molecule is COc1cc(C(=O)Nc2cc(C)n(Cc3ccccc3F)n2)ccc1OC(F)F. The first kappa shape index (κ1) is 20.2. The molecule has 152 valence electrons. The summed E-state index contributed by atoms with van der Waals surface area (Å²) in [6.07, 6.45) is 0. The Kier molecular flexibility index (Phi) is 6.06. The number of aromatic nitrogens is 2. The largest absolute Gasteiger partial charge is 0.493 e. The van der Waals surface area contributed by atoms with Crippen LogP contribution in [0, 0.1) is 12.7 Å². The van der Waals surface area contributed by atoms with E-state index in [1.54, 1.807) is 35.9 Å². The molecule has 3 aromatic rings. The zero-order valence-corrected chi connectivity index (χ0v) is 15.7. The zero-order chi connectivity index (χ0) is 21.0. The molecule has 9 heteroatoms. The zero-order valence-electron chi connectivity index (χ0n) is 15.7. The summed E-state index contributed by atoms with van der Waals surface area (Å²) in [6, 6.07) is 11.8. The maximum absolute atomic E-state index is 13.8. The molecule has 3 rings (SSSR count). The molecule has 0 saturated heterocycles. The molecular formula is C20H18F3N3O3. The minimum atomic E-state index is -3.01. The number of nitrogens with zero attached hydrogens (tertiary/aromatic N) is 2. The number of rotatable bonds is 7. The van der Waals surface area contributed by atoms with Crippen LogP contribution < -0.4 is 14.8 Å². The molecule has 1 aromatic heterocycles. The van der Waals surface area contributed by atoms with Crippen LogP contribution in [-0.4, -0.2) is 29.4 Å². The molecular weight excluding hydrogens is 387 g/mol. The second-order valence-electron chi connectivity index (χ2n) is 6.12. The molecule has 0 aliphatic carbocycles. The van der Waals surface area contributed by atoms with Crippen molar-refractivity contribution in [3.8, 4) is 11.5 Å². The number of nitrogens with one attached hydrogen (secondary N) is 1. The average Bonchev–Trinajstić information content (AvgIpc) is 3.02. The van der Waals surface area contributed by atoms with Crippen molar-refractivity contribution in [3.63, 3.8) is 0 Å². The van der Waals surface area contributed by atoms with Gasteiger partial charge in [-0.1, -0.05) is 18.2 Å². The number of hydrogen-bond donors (Lipinski definition) is 1. The van der Waals surface area contributed by atoms with Crippen molar-refractivity contribution in [1.82, 2.24) is 9.78 Å². The number of hydrogen-bond acceptors (Lipinski definition) is 4. The number of amides is 1. The Morgan fingerprint density at radius 1 is 1.17 bits per heavy atom. The number of ether oxygens (including phenoxy) is 2. The minimum absolute atomic E-state index is 0.000729. The fraction of sp³-hybridized carbons (Fsp3) is 0.200. The lowest BCUT2D eigenvalue weighted by atomic mass is 10.2. The van der Waals surface area contributed by atoms with Gasteiger partial charge in [0.05, 0.1) is 13.7 Å². The first-order valence-corrected chi connectivity index (χ1v) is 8.59. The van der Waals surface area contributed by atoms with Gasteiger partial charge in [-0.2, -0.15) is 13.9 Å². The monoisotopic (exact) mass is 405 g/mol. The van der Waals surface area contributed by atoms with E-state index >= 15 is 0 Å². The Morgan fingerprint density at radius 3 is 2.62 bits per heavy atom. The Hall–Kier alpha value is -3.49. The quantitative estimate of drug-likeness (QED) is 0.639. The molecule has 0 atom stereocenters. The van der Waals surface area contributed by atoms with Gasteiger partial charge in [-0.15, -0.1) is 0 Å². The highest BCUT2D eigenvalue weighted by atomic mass is 19.3. The summed E-state index contributed by atoms with van der Waals surface area (Å²) in [5, 5.41) is 6.90. The van der Waals surface area contributed by atoms with E-state index < -0.39 is 12.5 Å². The predicted molar refractivity (Wildman–Crippen MR) is 100 cm³/mol. The third-order valence-electron chi connectivity index (χ3n) is 4.14. The predicted octanol–water partition coefficient (Wildman–Crippen LogP) is 4.24. The molecule has 0 aliphatic rings. The number of alkyl halides is 2. The summed E-state index contributed by atoms with van der Waals surface area (Å²) in [5.74, 6) is -0.757. The molecule has 6 nitrogen and oxygen atoms in total. The highest BCUT2D eigenvalue weighted by molar-refractivity contribution is 6.04. The standard InChI is InChI=1S/C20H18F3N3O3/c1-12-9-18(25-26(12)11-14-5-3-4-6-15(14)21)24-19(27)13-7-8-16(29-20(22)23)17(10-13)28-2/h3-10,20H,11H2,1-2H3,(H,24,25,27). The van der Waals surface area contributed by atoms with Crippen LogP contribution in [0.25, 0.3) is 0 Å². The number of aryl methyl sites for hydroxylation is 1. The van der Waals surface area contributed by atoms with Gasteiger partial charge in [-0.25, -0.2) is 4.39 Å². The first-order chi connectivity index (χ1) is 13.9. The molecule has 0 bridgehead atoms. The van der Waals surface area contributed by atoms with E-state index in [-0.39, 0.29) is 35.2 Å². The second kappa shape index (κ2) is 8.68. The molecule has 0 fully saturated rings. The molecule has 1 N–H and O–H groups in total. The van der Waals surface area contributed by atoms with Gasteiger partial charge in [-0.3, -0.25) is 9.48 Å². The van der Waals surface area contributed by atoms with E-state index in [4.69, 9.17) is 4.74 Å². The van der Waals surface area contributed by atoms with Crippen molar-refractivity contribution in [2.24, 2.45) is 0 Å². The third-order valence-corrected chi connectivity index (χ3v) is 4.14. The smallest absolute Gasteiger partial charge is 0.387 e. The Bertz CT molecular complexity index is 1020. The van der Waals surface area contributed by atoms with Gasteiger partial charge >= 0.3 is 6.61 Å². The lowest BCUT2D eigenvalue weighted by molar-refractivity contribution is -0.0512. The van der Waals surface area contributed by atoms with Crippen molar-refractivity contribution < 1.29 is 27.4 Å². The summed E-state index contributed by atoms with van der Waals surface area (Å²) in [5.41, 5.74) is 1.36. The van der Waals surface area contributed by atoms with Crippen LogP contribution >= 0.6 is 0 Å². The molecule has 0 radical (unpaired) electrons. The maximum atomic E-state index is 13.8. The van der Waals surface area contributed by atoms with E-state index in [0.717, 1.165) is 5.69 Å². The maximum Gasteiger partial charge on any atom is 0.387 e. The van der Waals surface area contributed by atoms with Gasteiger partial charge in [0.1, 0.15) is 5.82 Å². The minimum Gasteiger partial charge on any atom is -0.493 e. The number of halogens is 3. The molecule has 0 unspecified atom stereocenters. The van der Waals surface area contributed by atoms with Crippen LogP contribution in [0.4, 0.5) is 19.0 Å². The summed E-state index contributed by atoms with van der Waals surface area (Å²) < 4.78 is 49.6. The number of carbonyl (C=O) groups is 1. The van der Waals surface area contributed by atoms with Crippen LogP contribution in [0.2, 0.25) is 0 Å². The van der Waals surface area contributed by atoms with E-state index in [9.17, 15) is 18.0 Å². The van der Waals surface area contributed by atoms with Gasteiger partial charge in [0, 0.05) is 22.9 Å². The normalized spacial score (nSPS) is 10.8. The van der Waals surface area contributed by atoms with Crippen LogP contribution in [0.15, 0.2) is 48.5 Å². The number of methoxy groups -OCH3 is 1. The topological polar surface area (TPSA) is 65.4 Å². The first-order valence-electron chi connectivity index (χ1n) is 8.59. The van der Waals surface area contributed by atoms with E-state index in [1.165, 1.54) is 31.4 Å². The van der Waals surface area contributed by atoms with Gasteiger partial charge in [0.15, 0.2) is 17.3 Å². The number of benzene rings is 2. The lowest BCUT2D eigenvalue weighted by Gasteiger charge is -2.11. The number of carbonyl (C=O) groups excluding carboxylic acids is 1. The Labute approximate surface area is 164 Å². The second-order valence-corrected chi connectivity index (χ2v) is 6.12. The Morgan fingerprint density at radius 2 is 1.93 bits per heavy atom. The highest BCUT2D eigenvalue weighted by Crippen LogP contribution is 2.29. The van der Waals surface area contributed by atoms with Gasteiger partial charge in [-0.05, 0) is 31.2 Å². The van der Waals surface area contributed by atoms with Gasteiger partial charge in [0.25, 0.3) is 5.91 Å². The summed E-state index contributed by atoms with van der Waals surface area (Å²) in [6.45, 7) is -1.02. The van der Waals surface area contributed by atoms with Crippen molar-refractivity contribution in [1.29, 1.82) is 0 Å². The van der Waals surface area contributed by atoms with E-state index in [2.05, 4.69) is 15.2 Å². The van der Waals surface area contributed by atoms with E-state index in [1.807, 2.05) is 0 Å². The lowest BCUT2D eigenvalue weighted by Crippen LogP contribution is -2.13. The molecule has 0 saturated carbocycles. The molecule has 0 aliphatic heterocycles. The van der Waals surface area contributed by atoms with Crippen molar-refractivity contribution >= 4 is 11.7 Å². The van der Waals surface area contributed by atoms with Crippen LogP contribution in [0.5, 0.6) is 11.5 Å². The third kappa shape index (κ3) is 4.87. The fourth-order valence-electron chi connectivity index (χ4n) is 2.71.